The van der Waals surface area contributed by atoms with Gasteiger partial charge in [-0.3, -0.25) is 14.4 Å². The van der Waals surface area contributed by atoms with Crippen LogP contribution in [0.4, 0.5) is 50.9 Å². The number of nitrogens with one attached hydrogen (secondary N) is 1. The van der Waals surface area contributed by atoms with Crippen molar-refractivity contribution in [1.29, 1.82) is 0 Å². The minimum Gasteiger partial charge on any atom is -0.413 e. The van der Waals surface area contributed by atoms with E-state index >= 15 is 0 Å². The van der Waals surface area contributed by atoms with Gasteiger partial charge >= 0.3 is 36.2 Å². The fourth-order valence-corrected chi connectivity index (χ4v) is 6.47. The summed E-state index contributed by atoms with van der Waals surface area (Å²) in [7, 11) is 0. The Morgan fingerprint density at radius 1 is 0.569 bits per heavy atom. The number of aromatic nitrogens is 4. The third kappa shape index (κ3) is 11.5. The molecule has 0 aliphatic carbocycles. The predicted octanol–water partition coefficient (Wildman–Crippen LogP) is 8.24. The largest absolute Gasteiger partial charge is 0.471 e. The van der Waals surface area contributed by atoms with Crippen molar-refractivity contribution in [1.82, 2.24) is 30.6 Å². The van der Waals surface area contributed by atoms with Crippen molar-refractivity contribution in [2.24, 2.45) is 11.8 Å². The molecule has 3 amide bonds. The zero-order valence-electron chi connectivity index (χ0n) is 33.3. The van der Waals surface area contributed by atoms with E-state index in [0.29, 0.717) is 41.3 Å². The van der Waals surface area contributed by atoms with Crippen LogP contribution in [0.2, 0.25) is 0 Å². The van der Waals surface area contributed by atoms with E-state index in [-0.39, 0.29) is 61.2 Å². The van der Waals surface area contributed by atoms with Gasteiger partial charge in [0.2, 0.25) is 23.6 Å². The summed E-state index contributed by atoms with van der Waals surface area (Å²) < 4.78 is 123. The highest BCUT2D eigenvalue weighted by Crippen LogP contribution is 2.33. The number of benzene rings is 4. The van der Waals surface area contributed by atoms with Gasteiger partial charge in [-0.05, 0) is 59.7 Å². The molecule has 0 radical (unpaired) electrons. The van der Waals surface area contributed by atoms with E-state index in [1.54, 1.807) is 71.6 Å². The molecule has 0 unspecified atom stereocenters. The Bertz CT molecular complexity index is 2550. The minimum atomic E-state index is -5.01. The van der Waals surface area contributed by atoms with Crippen LogP contribution in [-0.4, -0.2) is 75.4 Å². The van der Waals surface area contributed by atoms with E-state index in [2.05, 4.69) is 30.1 Å². The number of anilines is 2. The number of carbonyl (C=O) groups is 3. The molecule has 2 fully saturated rings. The highest BCUT2D eigenvalue weighted by molar-refractivity contribution is 5.97. The van der Waals surface area contributed by atoms with Crippen LogP contribution >= 0.6 is 12.4 Å². The Morgan fingerprint density at radius 2 is 0.954 bits per heavy atom. The molecule has 23 heteroatoms. The van der Waals surface area contributed by atoms with Gasteiger partial charge < -0.3 is 28.9 Å². The fourth-order valence-electron chi connectivity index (χ4n) is 6.47. The number of hydrogen-bond donors (Lipinski definition) is 1. The number of nitrogens with zero attached hydrogens (tertiary/aromatic N) is 7. The smallest absolute Gasteiger partial charge is 0.413 e. The van der Waals surface area contributed by atoms with Gasteiger partial charge in [0.05, 0.1) is 24.9 Å². The van der Waals surface area contributed by atoms with Crippen LogP contribution < -0.4 is 15.1 Å². The number of amides is 3. The average Bonchev–Trinajstić information content (AvgIpc) is 3.94. The van der Waals surface area contributed by atoms with Gasteiger partial charge in [-0.25, -0.2) is 0 Å². The van der Waals surface area contributed by atoms with Gasteiger partial charge in [-0.2, -0.15) is 39.5 Å². The summed E-state index contributed by atoms with van der Waals surface area (Å²) in [5.74, 6) is -6.68. The fraction of sp³-hybridized carbons (Fsp3) is 0.262. The zero-order valence-corrected chi connectivity index (χ0v) is 34.1. The van der Waals surface area contributed by atoms with E-state index in [9.17, 15) is 53.9 Å². The molecule has 8 rings (SSSR count). The molecule has 4 aromatic carbocycles. The maximum absolute atomic E-state index is 13.1. The summed E-state index contributed by atoms with van der Waals surface area (Å²) in [5, 5.41) is 15.9. The van der Waals surface area contributed by atoms with E-state index in [1.165, 1.54) is 17.0 Å². The van der Waals surface area contributed by atoms with Crippen LogP contribution in [0, 0.1) is 11.8 Å². The lowest BCUT2D eigenvalue weighted by Crippen LogP contribution is -2.59. The van der Waals surface area contributed by atoms with Crippen molar-refractivity contribution in [2.45, 2.75) is 31.6 Å². The maximum atomic E-state index is 13.1. The Labute approximate surface area is 368 Å². The second kappa shape index (κ2) is 19.5. The van der Waals surface area contributed by atoms with Crippen LogP contribution in [0.1, 0.15) is 22.9 Å². The lowest BCUT2D eigenvalue weighted by Gasteiger charge is -2.40. The molecular formula is C42H34ClF9N8O5. The molecule has 0 spiro atoms. The summed E-state index contributed by atoms with van der Waals surface area (Å²) in [4.78, 5) is 41.0. The van der Waals surface area contributed by atoms with Gasteiger partial charge in [-0.15, -0.1) is 32.8 Å². The molecule has 2 aliphatic rings. The van der Waals surface area contributed by atoms with Gasteiger partial charge in [0.15, 0.2) is 0 Å². The second-order valence-electron chi connectivity index (χ2n) is 14.5. The normalized spacial score (nSPS) is 14.3. The number of halogens is 10. The molecule has 0 saturated carbocycles. The van der Waals surface area contributed by atoms with Crippen LogP contribution in [-0.2, 0) is 39.8 Å². The van der Waals surface area contributed by atoms with E-state index in [0.717, 1.165) is 11.3 Å². The van der Waals surface area contributed by atoms with Gasteiger partial charge in [0, 0.05) is 48.7 Å². The topological polar surface area (TPSA) is 151 Å². The summed E-state index contributed by atoms with van der Waals surface area (Å²) >= 11 is 0. The molecule has 6 aromatic rings. The number of para-hydroxylation sites is 2. The molecule has 0 atom stereocenters. The van der Waals surface area contributed by atoms with E-state index in [1.807, 2.05) is 30.3 Å². The van der Waals surface area contributed by atoms with Crippen molar-refractivity contribution in [3.63, 3.8) is 0 Å². The van der Waals surface area contributed by atoms with Crippen molar-refractivity contribution in [3.05, 3.63) is 132 Å². The molecular weight excluding hydrogens is 903 g/mol. The lowest BCUT2D eigenvalue weighted by atomic mass is 9.97. The monoisotopic (exact) mass is 936 g/mol. The van der Waals surface area contributed by atoms with Crippen molar-refractivity contribution in [2.75, 3.05) is 36.0 Å². The molecule has 0 bridgehead atoms. The first-order valence-electron chi connectivity index (χ1n) is 19.1. The van der Waals surface area contributed by atoms with Gasteiger partial charge in [-0.1, -0.05) is 60.7 Å². The Balaban J connectivity index is 0.000000216. The van der Waals surface area contributed by atoms with Crippen molar-refractivity contribution < 1.29 is 62.7 Å². The van der Waals surface area contributed by atoms with Crippen LogP contribution in [0.5, 0.6) is 0 Å². The highest BCUT2D eigenvalue weighted by atomic mass is 35.5. The predicted molar refractivity (Wildman–Crippen MR) is 214 cm³/mol. The molecule has 2 saturated heterocycles. The molecule has 1 N–H and O–H groups in total. The molecule has 342 valence electrons. The van der Waals surface area contributed by atoms with Crippen LogP contribution in [0.3, 0.4) is 0 Å². The van der Waals surface area contributed by atoms with E-state index in [4.69, 9.17) is 4.42 Å². The summed E-state index contributed by atoms with van der Waals surface area (Å²) in [6.45, 7) is 0.984. The standard InChI is InChI=1S/C22H16F6N4O3.C20H17F3N4O2.ClH/c23-21(24,25)19-30-29-17(35-19)14-8-6-13(7-9-14)10-32(16-4-2-1-3-5-16)18(33)15-11-31(12-15)20(34)22(26,27)28;21-20(22,23)19-26-25-17(29-19)14-8-6-13(7-9-14)12-27(16-4-2-1-3-5-16)18(28)15-10-24-11-15;/h1-9,15H,10-12H2;1-9,15,24H,10-12H2;1H. The van der Waals surface area contributed by atoms with Gasteiger partial charge in [0.25, 0.3) is 0 Å². The third-order valence-electron chi connectivity index (χ3n) is 9.98. The molecule has 2 aromatic heterocycles. The third-order valence-corrected chi connectivity index (χ3v) is 9.98. The Kier molecular flexibility index (Phi) is 14.3. The van der Waals surface area contributed by atoms with E-state index < -0.39 is 48.0 Å². The second-order valence-corrected chi connectivity index (χ2v) is 14.5. The molecule has 2 aliphatic heterocycles. The first-order valence-corrected chi connectivity index (χ1v) is 19.1. The molecule has 4 heterocycles. The Morgan fingerprint density at radius 3 is 1.28 bits per heavy atom. The zero-order chi connectivity index (χ0) is 45.8. The number of hydrogen-bond acceptors (Lipinski definition) is 10. The minimum absolute atomic E-state index is 0. The number of carbonyl (C=O) groups excluding carboxylic acids is 3. The summed E-state index contributed by atoms with van der Waals surface area (Å²) in [6, 6.07) is 30.4. The molecule has 65 heavy (non-hydrogen) atoms. The molecule has 13 nitrogen and oxygen atoms in total. The number of alkyl halides is 9. The first kappa shape index (κ1) is 47.7. The summed E-state index contributed by atoms with van der Waals surface area (Å²) in [5.41, 5.74) is 3.30. The lowest BCUT2D eigenvalue weighted by molar-refractivity contribution is -0.191. The quantitative estimate of drug-likeness (QED) is 0.133. The number of likely N-dealkylation sites (tertiary alicyclic amines) is 1. The number of rotatable bonds is 10. The van der Waals surface area contributed by atoms with Crippen molar-refractivity contribution in [3.8, 4) is 22.9 Å². The van der Waals surface area contributed by atoms with Gasteiger partial charge in [0.1, 0.15) is 0 Å². The van der Waals surface area contributed by atoms with Crippen LogP contribution in [0.25, 0.3) is 22.9 Å². The highest BCUT2D eigenvalue weighted by Gasteiger charge is 2.49. The first-order chi connectivity index (χ1) is 30.3. The average molecular weight is 937 g/mol. The Hall–Kier alpha value is -6.81. The summed E-state index contributed by atoms with van der Waals surface area (Å²) in [6.07, 6.45) is -14.5. The van der Waals surface area contributed by atoms with Crippen LogP contribution in [0.15, 0.2) is 118 Å². The maximum Gasteiger partial charge on any atom is 0.471 e. The SMILES string of the molecule is Cl.O=C(C1CN(C(=O)C(F)(F)F)C1)N(Cc1ccc(-c2nnc(C(F)(F)F)o2)cc1)c1ccccc1.O=C(C1CNC1)N(Cc1ccc(-c2nnc(C(F)(F)F)o2)cc1)c1ccccc1. The van der Waals surface area contributed by atoms with Crippen molar-refractivity contribution >= 4 is 41.5 Å².